The topological polar surface area (TPSA) is 88.1 Å². The number of aliphatic hydroxyl groups excluding tert-OH is 1. The van der Waals surface area contributed by atoms with Gasteiger partial charge in [-0.3, -0.25) is 4.79 Å². The highest BCUT2D eigenvalue weighted by Crippen LogP contribution is 2.25. The van der Waals surface area contributed by atoms with Crippen molar-refractivity contribution < 1.29 is 24.2 Å². The Bertz CT molecular complexity index is 684. The van der Waals surface area contributed by atoms with Gasteiger partial charge >= 0.3 is 6.09 Å². The second-order valence-electron chi connectivity index (χ2n) is 7.97. The summed E-state index contributed by atoms with van der Waals surface area (Å²) < 4.78 is 10.9. The fourth-order valence-corrected chi connectivity index (χ4v) is 3.30. The van der Waals surface area contributed by atoms with Crippen LogP contribution in [0.3, 0.4) is 0 Å². The lowest BCUT2D eigenvalue weighted by Crippen LogP contribution is -2.40. The Morgan fingerprint density at radius 1 is 1.32 bits per heavy atom. The Hall–Kier alpha value is -2.28. The summed E-state index contributed by atoms with van der Waals surface area (Å²) in [5.74, 6) is 0.492. The number of nitrogens with zero attached hydrogens (tertiary/aromatic N) is 1. The van der Waals surface area contributed by atoms with Crippen LogP contribution in [-0.4, -0.2) is 46.8 Å². The minimum Gasteiger partial charge on any atom is -0.494 e. The minimum absolute atomic E-state index is 0.0222. The molecule has 1 atom stereocenters. The van der Waals surface area contributed by atoms with E-state index in [-0.39, 0.29) is 24.6 Å². The summed E-state index contributed by atoms with van der Waals surface area (Å²) in [5.41, 5.74) is 0.721. The third-order valence-electron chi connectivity index (χ3n) is 4.52. The first kappa shape index (κ1) is 22.0. The summed E-state index contributed by atoms with van der Waals surface area (Å²) in [4.78, 5) is 26.4. The van der Waals surface area contributed by atoms with Crippen LogP contribution >= 0.6 is 0 Å². The SMILES string of the molecule is CCOc1ccc(NC(=O)CC[C@H]2CCCN2C(=O)OC(C)(C)C)cc1CO. The van der Waals surface area contributed by atoms with Gasteiger partial charge in [0.2, 0.25) is 5.91 Å². The Labute approximate surface area is 167 Å². The van der Waals surface area contributed by atoms with Crippen LogP contribution in [0.4, 0.5) is 10.5 Å². The Morgan fingerprint density at radius 3 is 2.71 bits per heavy atom. The molecule has 1 saturated heterocycles. The van der Waals surface area contributed by atoms with Gasteiger partial charge in [0.05, 0.1) is 13.2 Å². The first-order valence-corrected chi connectivity index (χ1v) is 9.89. The molecule has 156 valence electrons. The van der Waals surface area contributed by atoms with E-state index in [9.17, 15) is 14.7 Å². The lowest BCUT2D eigenvalue weighted by Gasteiger charge is -2.28. The first-order valence-electron chi connectivity index (χ1n) is 9.89. The molecule has 7 nitrogen and oxygen atoms in total. The van der Waals surface area contributed by atoms with E-state index in [2.05, 4.69) is 5.32 Å². The molecule has 0 aromatic heterocycles. The number of hydrogen-bond acceptors (Lipinski definition) is 5. The second kappa shape index (κ2) is 9.78. The molecular formula is C21H32N2O5. The van der Waals surface area contributed by atoms with Gasteiger partial charge in [0.25, 0.3) is 0 Å². The highest BCUT2D eigenvalue weighted by atomic mass is 16.6. The van der Waals surface area contributed by atoms with Gasteiger partial charge in [-0.1, -0.05) is 0 Å². The molecule has 2 amide bonds. The lowest BCUT2D eigenvalue weighted by atomic mass is 10.1. The molecule has 1 aliphatic rings. The third-order valence-corrected chi connectivity index (χ3v) is 4.52. The van der Waals surface area contributed by atoms with Crippen molar-refractivity contribution >= 4 is 17.7 Å². The standard InChI is InChI=1S/C21H32N2O5/c1-5-27-18-10-8-16(13-15(18)14-24)22-19(25)11-9-17-7-6-12-23(17)20(26)28-21(2,3)4/h8,10,13,17,24H,5-7,9,11-12,14H2,1-4H3,(H,22,25)/t17-/m1/s1. The second-order valence-corrected chi connectivity index (χ2v) is 7.97. The average molecular weight is 392 g/mol. The molecular weight excluding hydrogens is 360 g/mol. The zero-order valence-corrected chi connectivity index (χ0v) is 17.3. The summed E-state index contributed by atoms with van der Waals surface area (Å²) >= 11 is 0. The van der Waals surface area contributed by atoms with E-state index in [1.165, 1.54) is 0 Å². The summed E-state index contributed by atoms with van der Waals surface area (Å²) in [6.07, 6.45) is 2.39. The molecule has 1 aromatic rings. The predicted octanol–water partition coefficient (Wildman–Crippen LogP) is 3.70. The van der Waals surface area contributed by atoms with Crippen molar-refractivity contribution in [3.8, 4) is 5.75 Å². The van der Waals surface area contributed by atoms with E-state index >= 15 is 0 Å². The van der Waals surface area contributed by atoms with Crippen LogP contribution in [0.25, 0.3) is 0 Å². The Balaban J connectivity index is 1.89. The summed E-state index contributed by atoms with van der Waals surface area (Å²) in [5, 5.41) is 12.3. The van der Waals surface area contributed by atoms with Crippen LogP contribution < -0.4 is 10.1 Å². The Kier molecular flexibility index (Phi) is 7.69. The normalized spacial score (nSPS) is 16.8. The summed E-state index contributed by atoms with van der Waals surface area (Å²) in [7, 11) is 0. The molecule has 2 rings (SSSR count). The molecule has 0 saturated carbocycles. The van der Waals surface area contributed by atoms with Gasteiger partial charge in [0.15, 0.2) is 0 Å². The van der Waals surface area contributed by atoms with Crippen LogP contribution in [0.1, 0.15) is 58.9 Å². The minimum atomic E-state index is -0.528. The van der Waals surface area contributed by atoms with Gasteiger partial charge in [-0.05, 0) is 65.2 Å². The van der Waals surface area contributed by atoms with Gasteiger partial charge in [-0.25, -0.2) is 4.79 Å². The molecule has 0 spiro atoms. The maximum atomic E-state index is 12.3. The molecule has 28 heavy (non-hydrogen) atoms. The fraction of sp³-hybridized carbons (Fsp3) is 0.619. The highest BCUT2D eigenvalue weighted by Gasteiger charge is 2.32. The van der Waals surface area contributed by atoms with Gasteiger partial charge in [0.1, 0.15) is 11.4 Å². The molecule has 2 N–H and O–H groups in total. The molecule has 0 bridgehead atoms. The molecule has 7 heteroatoms. The molecule has 1 fully saturated rings. The van der Waals surface area contributed by atoms with Gasteiger partial charge in [-0.15, -0.1) is 0 Å². The van der Waals surface area contributed by atoms with Crippen molar-refractivity contribution in [2.75, 3.05) is 18.5 Å². The number of likely N-dealkylation sites (tertiary alicyclic amines) is 1. The quantitative estimate of drug-likeness (QED) is 0.739. The number of carbonyl (C=O) groups is 2. The average Bonchev–Trinajstić information content (AvgIpc) is 3.09. The van der Waals surface area contributed by atoms with Crippen LogP contribution in [0.2, 0.25) is 0 Å². The number of nitrogens with one attached hydrogen (secondary N) is 1. The van der Waals surface area contributed by atoms with Gasteiger partial charge < -0.3 is 24.8 Å². The highest BCUT2D eigenvalue weighted by molar-refractivity contribution is 5.91. The summed E-state index contributed by atoms with van der Waals surface area (Å²) in [6.45, 7) is 8.43. The van der Waals surface area contributed by atoms with E-state index in [1.807, 2.05) is 27.7 Å². The zero-order chi connectivity index (χ0) is 20.7. The molecule has 1 heterocycles. The van der Waals surface area contributed by atoms with Crippen molar-refractivity contribution in [1.82, 2.24) is 4.90 Å². The lowest BCUT2D eigenvalue weighted by molar-refractivity contribution is -0.116. The molecule has 1 aromatic carbocycles. The number of rotatable bonds is 7. The van der Waals surface area contributed by atoms with Gasteiger partial charge in [-0.2, -0.15) is 0 Å². The van der Waals surface area contributed by atoms with Crippen molar-refractivity contribution in [2.45, 2.75) is 71.6 Å². The number of amides is 2. The van der Waals surface area contributed by atoms with Crippen LogP contribution in [0, 0.1) is 0 Å². The predicted molar refractivity (Wildman–Crippen MR) is 107 cm³/mol. The maximum Gasteiger partial charge on any atom is 0.410 e. The largest absolute Gasteiger partial charge is 0.494 e. The fourth-order valence-electron chi connectivity index (χ4n) is 3.30. The van der Waals surface area contributed by atoms with Crippen LogP contribution in [-0.2, 0) is 16.1 Å². The number of anilines is 1. The van der Waals surface area contributed by atoms with Gasteiger partial charge in [0, 0.05) is 30.3 Å². The van der Waals surface area contributed by atoms with E-state index in [1.54, 1.807) is 23.1 Å². The van der Waals surface area contributed by atoms with Crippen LogP contribution in [0.5, 0.6) is 5.75 Å². The van der Waals surface area contributed by atoms with Crippen molar-refractivity contribution in [1.29, 1.82) is 0 Å². The number of aliphatic hydroxyl groups is 1. The maximum absolute atomic E-state index is 12.3. The number of ether oxygens (including phenoxy) is 2. The summed E-state index contributed by atoms with van der Waals surface area (Å²) in [6, 6.07) is 5.23. The number of benzene rings is 1. The van der Waals surface area contributed by atoms with Crippen molar-refractivity contribution in [3.05, 3.63) is 23.8 Å². The first-order chi connectivity index (χ1) is 13.2. The molecule has 0 aliphatic carbocycles. The number of carbonyl (C=O) groups excluding carboxylic acids is 2. The van der Waals surface area contributed by atoms with E-state index in [0.717, 1.165) is 12.8 Å². The molecule has 0 radical (unpaired) electrons. The van der Waals surface area contributed by atoms with E-state index in [4.69, 9.17) is 9.47 Å². The molecule has 0 unspecified atom stereocenters. The van der Waals surface area contributed by atoms with Crippen molar-refractivity contribution in [3.63, 3.8) is 0 Å². The monoisotopic (exact) mass is 392 g/mol. The van der Waals surface area contributed by atoms with E-state index in [0.29, 0.717) is 43.0 Å². The smallest absolute Gasteiger partial charge is 0.410 e. The van der Waals surface area contributed by atoms with Crippen LogP contribution in [0.15, 0.2) is 18.2 Å². The third kappa shape index (κ3) is 6.41. The van der Waals surface area contributed by atoms with E-state index < -0.39 is 5.60 Å². The number of hydrogen-bond donors (Lipinski definition) is 2. The van der Waals surface area contributed by atoms with Crippen molar-refractivity contribution in [2.24, 2.45) is 0 Å². The molecule has 1 aliphatic heterocycles. The zero-order valence-electron chi connectivity index (χ0n) is 17.3. The Morgan fingerprint density at radius 2 is 2.07 bits per heavy atom.